The zero-order chi connectivity index (χ0) is 19.4. The molecule has 7 heteroatoms. The molecule has 1 spiro atoms. The van der Waals surface area contributed by atoms with Gasteiger partial charge in [-0.3, -0.25) is 14.4 Å². The number of rotatable bonds is 4. The van der Waals surface area contributed by atoms with E-state index < -0.39 is 5.60 Å². The van der Waals surface area contributed by atoms with Crippen molar-refractivity contribution in [2.75, 3.05) is 33.2 Å². The van der Waals surface area contributed by atoms with E-state index in [-0.39, 0.29) is 24.3 Å². The van der Waals surface area contributed by atoms with Crippen molar-refractivity contribution in [2.45, 2.75) is 38.2 Å². The van der Waals surface area contributed by atoms with Gasteiger partial charge in [-0.2, -0.15) is 0 Å². The number of benzene rings is 1. The first kappa shape index (κ1) is 19.2. The molecule has 1 aromatic carbocycles. The molecule has 3 amide bonds. The van der Waals surface area contributed by atoms with Crippen molar-refractivity contribution in [3.8, 4) is 5.75 Å². The first-order valence-corrected chi connectivity index (χ1v) is 9.52. The van der Waals surface area contributed by atoms with Gasteiger partial charge in [0.2, 0.25) is 11.8 Å². The number of nitrogens with zero attached hydrogens (tertiary/aromatic N) is 2. The average Bonchev–Trinajstić information content (AvgIpc) is 2.87. The molecule has 0 aromatic heterocycles. The number of nitrogens with one attached hydrogen (secondary N) is 1. The lowest BCUT2D eigenvalue weighted by Crippen LogP contribution is -2.50. The fourth-order valence-corrected chi connectivity index (χ4v) is 3.62. The summed E-state index contributed by atoms with van der Waals surface area (Å²) in [5.41, 5.74) is -0.213. The van der Waals surface area contributed by atoms with Crippen molar-refractivity contribution in [1.82, 2.24) is 15.1 Å². The van der Waals surface area contributed by atoms with Crippen LogP contribution in [0.15, 0.2) is 24.3 Å². The van der Waals surface area contributed by atoms with E-state index in [1.54, 1.807) is 35.0 Å². The first-order chi connectivity index (χ1) is 12.9. The molecule has 0 radical (unpaired) electrons. The third-order valence-electron chi connectivity index (χ3n) is 5.24. The van der Waals surface area contributed by atoms with Crippen LogP contribution >= 0.6 is 0 Å². The second kappa shape index (κ2) is 7.98. The summed E-state index contributed by atoms with van der Waals surface area (Å²) >= 11 is 0. The minimum atomic E-state index is -0.673. The SMILES string of the molecule is CCCNC(=O)CN1C[C@]2(CCC(=O)N(C)CC2)Oc2ccccc2C1=O. The molecule has 1 aromatic rings. The Hall–Kier alpha value is -2.57. The zero-order valence-electron chi connectivity index (χ0n) is 16.0. The number of carbonyl (C=O) groups excluding carboxylic acids is 3. The van der Waals surface area contributed by atoms with Crippen LogP contribution in [0.1, 0.15) is 43.0 Å². The minimum Gasteiger partial charge on any atom is -0.485 e. The third kappa shape index (κ3) is 4.23. The normalized spacial score (nSPS) is 22.7. The van der Waals surface area contributed by atoms with Gasteiger partial charge in [0.1, 0.15) is 11.4 Å². The Morgan fingerprint density at radius 1 is 1.26 bits per heavy atom. The van der Waals surface area contributed by atoms with Gasteiger partial charge in [-0.15, -0.1) is 0 Å². The maximum Gasteiger partial charge on any atom is 0.258 e. The van der Waals surface area contributed by atoms with E-state index in [0.29, 0.717) is 50.2 Å². The quantitative estimate of drug-likeness (QED) is 0.866. The standard InChI is InChI=1S/C20H27N3O4/c1-3-11-21-17(24)13-23-14-20(9-8-18(25)22(2)12-10-20)27-16-7-5-4-6-15(16)19(23)26/h4-7H,3,8-14H2,1-2H3,(H,21,24)/t20-/m1/s1. The molecule has 0 bridgehead atoms. The smallest absolute Gasteiger partial charge is 0.258 e. The van der Waals surface area contributed by atoms with E-state index in [0.717, 1.165) is 6.42 Å². The van der Waals surface area contributed by atoms with E-state index in [2.05, 4.69) is 5.32 Å². The summed E-state index contributed by atoms with van der Waals surface area (Å²) in [5, 5.41) is 2.83. The van der Waals surface area contributed by atoms with E-state index in [4.69, 9.17) is 4.74 Å². The van der Waals surface area contributed by atoms with Crippen molar-refractivity contribution in [3.63, 3.8) is 0 Å². The predicted molar refractivity (Wildman–Crippen MR) is 100 cm³/mol. The average molecular weight is 373 g/mol. The highest BCUT2D eigenvalue weighted by Crippen LogP contribution is 2.35. The van der Waals surface area contributed by atoms with E-state index in [9.17, 15) is 14.4 Å². The number of para-hydroxylation sites is 1. The molecule has 1 fully saturated rings. The van der Waals surface area contributed by atoms with E-state index in [1.165, 1.54) is 0 Å². The van der Waals surface area contributed by atoms with E-state index >= 15 is 0 Å². The number of likely N-dealkylation sites (tertiary alicyclic amines) is 1. The van der Waals surface area contributed by atoms with Gasteiger partial charge in [0.15, 0.2) is 0 Å². The van der Waals surface area contributed by atoms with Crippen LogP contribution in [0, 0.1) is 0 Å². The number of hydrogen-bond donors (Lipinski definition) is 1. The van der Waals surface area contributed by atoms with Crippen LogP contribution in [0.4, 0.5) is 0 Å². The van der Waals surface area contributed by atoms with Crippen molar-refractivity contribution in [3.05, 3.63) is 29.8 Å². The lowest BCUT2D eigenvalue weighted by Gasteiger charge is -2.35. The fraction of sp³-hybridized carbons (Fsp3) is 0.550. The molecular weight excluding hydrogens is 346 g/mol. The van der Waals surface area contributed by atoms with Crippen LogP contribution in [0.3, 0.4) is 0 Å². The molecule has 3 rings (SSSR count). The van der Waals surface area contributed by atoms with Crippen LogP contribution in [-0.2, 0) is 9.59 Å². The first-order valence-electron chi connectivity index (χ1n) is 9.52. The Morgan fingerprint density at radius 2 is 2.04 bits per heavy atom. The molecule has 7 nitrogen and oxygen atoms in total. The number of hydrogen-bond acceptors (Lipinski definition) is 4. The van der Waals surface area contributed by atoms with E-state index in [1.807, 2.05) is 13.0 Å². The summed E-state index contributed by atoms with van der Waals surface area (Å²) in [4.78, 5) is 40.8. The molecule has 2 aliphatic rings. The van der Waals surface area contributed by atoms with Gasteiger partial charge in [-0.05, 0) is 25.0 Å². The van der Waals surface area contributed by atoms with Gasteiger partial charge in [-0.1, -0.05) is 19.1 Å². The topological polar surface area (TPSA) is 79.0 Å². The van der Waals surface area contributed by atoms with Gasteiger partial charge in [0, 0.05) is 33.0 Å². The summed E-state index contributed by atoms with van der Waals surface area (Å²) in [7, 11) is 1.78. The Balaban J connectivity index is 1.91. The monoisotopic (exact) mass is 373 g/mol. The Bertz CT molecular complexity index is 736. The molecule has 27 heavy (non-hydrogen) atoms. The lowest BCUT2D eigenvalue weighted by molar-refractivity contribution is -0.129. The summed E-state index contributed by atoms with van der Waals surface area (Å²) in [6.07, 6.45) is 2.33. The number of carbonyl (C=O) groups is 3. The fourth-order valence-electron chi connectivity index (χ4n) is 3.62. The maximum absolute atomic E-state index is 13.1. The van der Waals surface area contributed by atoms with Gasteiger partial charge >= 0.3 is 0 Å². The van der Waals surface area contributed by atoms with Crippen molar-refractivity contribution < 1.29 is 19.1 Å². The van der Waals surface area contributed by atoms with Crippen LogP contribution in [0.2, 0.25) is 0 Å². The predicted octanol–water partition coefficient (Wildman–Crippen LogP) is 1.43. The van der Waals surface area contributed by atoms with Crippen LogP contribution in [0.5, 0.6) is 5.75 Å². The van der Waals surface area contributed by atoms with Crippen molar-refractivity contribution in [2.24, 2.45) is 0 Å². The van der Waals surface area contributed by atoms with Crippen molar-refractivity contribution in [1.29, 1.82) is 0 Å². The van der Waals surface area contributed by atoms with Crippen LogP contribution in [0.25, 0.3) is 0 Å². The van der Waals surface area contributed by atoms with Gasteiger partial charge in [-0.25, -0.2) is 0 Å². The molecule has 2 heterocycles. The number of fused-ring (bicyclic) bond motifs is 1. The third-order valence-corrected chi connectivity index (χ3v) is 5.24. The largest absolute Gasteiger partial charge is 0.485 e. The Labute approximate surface area is 159 Å². The molecule has 146 valence electrons. The number of ether oxygens (including phenoxy) is 1. The molecule has 0 unspecified atom stereocenters. The summed E-state index contributed by atoms with van der Waals surface area (Å²) in [5.74, 6) is 0.210. The Morgan fingerprint density at radius 3 is 2.81 bits per heavy atom. The molecule has 2 aliphatic heterocycles. The lowest BCUT2D eigenvalue weighted by atomic mass is 9.93. The van der Waals surface area contributed by atoms with Crippen molar-refractivity contribution >= 4 is 17.7 Å². The van der Waals surface area contributed by atoms with Crippen LogP contribution in [-0.4, -0.2) is 66.3 Å². The summed E-state index contributed by atoms with van der Waals surface area (Å²) < 4.78 is 6.35. The van der Waals surface area contributed by atoms with Gasteiger partial charge in [0.05, 0.1) is 18.7 Å². The summed E-state index contributed by atoms with van der Waals surface area (Å²) in [6.45, 7) is 3.40. The minimum absolute atomic E-state index is 0.0118. The molecule has 1 atom stereocenters. The molecule has 0 aliphatic carbocycles. The molecular formula is C20H27N3O4. The second-order valence-corrected chi connectivity index (χ2v) is 7.36. The highest BCUT2D eigenvalue weighted by Gasteiger charge is 2.43. The van der Waals surface area contributed by atoms with Gasteiger partial charge < -0.3 is 19.9 Å². The van der Waals surface area contributed by atoms with Gasteiger partial charge in [0.25, 0.3) is 5.91 Å². The highest BCUT2D eigenvalue weighted by atomic mass is 16.5. The molecule has 1 saturated heterocycles. The van der Waals surface area contributed by atoms with Crippen LogP contribution < -0.4 is 10.1 Å². The highest BCUT2D eigenvalue weighted by molar-refractivity contribution is 5.99. The number of amides is 3. The maximum atomic E-state index is 13.1. The molecule has 1 N–H and O–H groups in total. The Kier molecular flexibility index (Phi) is 5.68. The summed E-state index contributed by atoms with van der Waals surface area (Å²) in [6, 6.07) is 7.13. The second-order valence-electron chi connectivity index (χ2n) is 7.36. The molecule has 0 saturated carbocycles. The zero-order valence-corrected chi connectivity index (χ0v) is 16.0.